The highest BCUT2D eigenvalue weighted by Crippen LogP contribution is 2.18. The van der Waals surface area contributed by atoms with Gasteiger partial charge in [0.15, 0.2) is 5.76 Å². The number of amides is 3. The number of carbonyl (C=O) groups excluding carboxylic acids is 3. The molecule has 3 N–H and O–H groups in total. The standard InChI is InChI=1S/C19H23N3O4/c1-13-6-3-7-14(2)18(13)22-17(24)12-21-16(23)9-4-10-20-19(25)15-8-5-11-26-15/h3,5-8,11H,4,9-10,12H2,1-2H3,(H,20,25)(H,21,23)(H,22,24). The maximum atomic E-state index is 12.0. The summed E-state index contributed by atoms with van der Waals surface area (Å²) in [5.74, 6) is -0.600. The monoisotopic (exact) mass is 357 g/mol. The predicted molar refractivity (Wildman–Crippen MR) is 97.8 cm³/mol. The second-order valence-electron chi connectivity index (χ2n) is 5.93. The van der Waals surface area contributed by atoms with E-state index < -0.39 is 0 Å². The fraction of sp³-hybridized carbons (Fsp3) is 0.316. The van der Waals surface area contributed by atoms with Crippen LogP contribution in [0.5, 0.6) is 0 Å². The highest BCUT2D eigenvalue weighted by atomic mass is 16.3. The van der Waals surface area contributed by atoms with Crippen molar-refractivity contribution in [3.05, 3.63) is 53.5 Å². The van der Waals surface area contributed by atoms with Gasteiger partial charge in [-0.25, -0.2) is 0 Å². The highest BCUT2D eigenvalue weighted by molar-refractivity contribution is 5.95. The highest BCUT2D eigenvalue weighted by Gasteiger charge is 2.10. The normalized spacial score (nSPS) is 10.2. The Hall–Kier alpha value is -3.09. The van der Waals surface area contributed by atoms with Gasteiger partial charge in [0.25, 0.3) is 5.91 Å². The molecule has 3 amide bonds. The molecular formula is C19H23N3O4. The number of benzene rings is 1. The minimum atomic E-state index is -0.316. The summed E-state index contributed by atoms with van der Waals surface area (Å²) in [5, 5.41) is 8.04. The van der Waals surface area contributed by atoms with E-state index in [4.69, 9.17) is 4.42 Å². The molecule has 1 aromatic carbocycles. The molecule has 0 saturated heterocycles. The maximum absolute atomic E-state index is 12.0. The van der Waals surface area contributed by atoms with Gasteiger partial charge in [0.05, 0.1) is 12.8 Å². The summed E-state index contributed by atoms with van der Waals surface area (Å²) in [5.41, 5.74) is 2.71. The van der Waals surface area contributed by atoms with Crippen LogP contribution in [0.3, 0.4) is 0 Å². The van der Waals surface area contributed by atoms with Crippen LogP contribution in [0.4, 0.5) is 5.69 Å². The Morgan fingerprint density at radius 2 is 1.69 bits per heavy atom. The molecule has 1 heterocycles. The average molecular weight is 357 g/mol. The lowest BCUT2D eigenvalue weighted by molar-refractivity contribution is -0.124. The van der Waals surface area contributed by atoms with Crippen LogP contribution in [0.2, 0.25) is 0 Å². The summed E-state index contributed by atoms with van der Waals surface area (Å²) in [4.78, 5) is 35.4. The molecule has 0 saturated carbocycles. The summed E-state index contributed by atoms with van der Waals surface area (Å²) in [7, 11) is 0. The number of carbonyl (C=O) groups is 3. The number of furan rings is 1. The molecule has 26 heavy (non-hydrogen) atoms. The first-order valence-corrected chi connectivity index (χ1v) is 8.42. The van der Waals surface area contributed by atoms with Crippen molar-refractivity contribution in [1.29, 1.82) is 0 Å². The zero-order valence-corrected chi connectivity index (χ0v) is 14.9. The third kappa shape index (κ3) is 5.77. The lowest BCUT2D eigenvalue weighted by Crippen LogP contribution is -2.33. The number of hydrogen-bond donors (Lipinski definition) is 3. The lowest BCUT2D eigenvalue weighted by Gasteiger charge is -2.12. The molecule has 0 aliphatic carbocycles. The van der Waals surface area contributed by atoms with Crippen LogP contribution in [0.15, 0.2) is 41.0 Å². The van der Waals surface area contributed by atoms with Crippen LogP contribution in [-0.4, -0.2) is 30.8 Å². The molecule has 0 radical (unpaired) electrons. The van der Waals surface area contributed by atoms with Gasteiger partial charge in [0, 0.05) is 18.7 Å². The topological polar surface area (TPSA) is 100 Å². The van der Waals surface area contributed by atoms with Crippen molar-refractivity contribution < 1.29 is 18.8 Å². The van der Waals surface area contributed by atoms with Crippen molar-refractivity contribution >= 4 is 23.4 Å². The van der Waals surface area contributed by atoms with Gasteiger partial charge in [-0.3, -0.25) is 14.4 Å². The van der Waals surface area contributed by atoms with E-state index in [-0.39, 0.29) is 36.4 Å². The van der Waals surface area contributed by atoms with E-state index in [0.717, 1.165) is 16.8 Å². The number of anilines is 1. The van der Waals surface area contributed by atoms with E-state index in [1.807, 2.05) is 32.0 Å². The van der Waals surface area contributed by atoms with Crippen LogP contribution >= 0.6 is 0 Å². The first-order valence-electron chi connectivity index (χ1n) is 8.42. The van der Waals surface area contributed by atoms with E-state index in [1.165, 1.54) is 6.26 Å². The molecule has 2 rings (SSSR count). The molecule has 2 aromatic rings. The van der Waals surface area contributed by atoms with Crippen molar-refractivity contribution in [2.24, 2.45) is 0 Å². The number of nitrogens with one attached hydrogen (secondary N) is 3. The fourth-order valence-electron chi connectivity index (χ4n) is 2.41. The van der Waals surface area contributed by atoms with Crippen LogP contribution in [0, 0.1) is 13.8 Å². The van der Waals surface area contributed by atoms with Crippen LogP contribution in [0.25, 0.3) is 0 Å². The molecule has 138 valence electrons. The molecule has 7 heteroatoms. The Labute approximate surface area is 152 Å². The summed E-state index contributed by atoms with van der Waals surface area (Å²) in [6.45, 7) is 4.09. The molecule has 0 aliphatic heterocycles. The summed E-state index contributed by atoms with van der Waals surface area (Å²) >= 11 is 0. The third-order valence-corrected chi connectivity index (χ3v) is 3.80. The Balaban J connectivity index is 1.64. The smallest absolute Gasteiger partial charge is 0.286 e. The molecule has 0 unspecified atom stereocenters. The predicted octanol–water partition coefficient (Wildman–Crippen LogP) is 2.16. The molecule has 0 atom stereocenters. The quantitative estimate of drug-likeness (QED) is 0.630. The zero-order chi connectivity index (χ0) is 18.9. The third-order valence-electron chi connectivity index (χ3n) is 3.80. The summed E-state index contributed by atoms with van der Waals surface area (Å²) < 4.78 is 4.97. The minimum Gasteiger partial charge on any atom is -0.459 e. The maximum Gasteiger partial charge on any atom is 0.286 e. The van der Waals surface area contributed by atoms with Gasteiger partial charge >= 0.3 is 0 Å². The molecule has 0 aliphatic rings. The molecular weight excluding hydrogens is 334 g/mol. The summed E-state index contributed by atoms with van der Waals surface area (Å²) in [6, 6.07) is 8.95. The molecule has 1 aromatic heterocycles. The van der Waals surface area contributed by atoms with Gasteiger partial charge in [0.1, 0.15) is 0 Å². The van der Waals surface area contributed by atoms with Gasteiger partial charge in [-0.15, -0.1) is 0 Å². The van der Waals surface area contributed by atoms with E-state index in [1.54, 1.807) is 12.1 Å². The van der Waals surface area contributed by atoms with Gasteiger partial charge in [0.2, 0.25) is 11.8 Å². The van der Waals surface area contributed by atoms with Crippen molar-refractivity contribution in [3.8, 4) is 0 Å². The minimum absolute atomic E-state index is 0.0919. The van der Waals surface area contributed by atoms with Crippen molar-refractivity contribution in [2.75, 3.05) is 18.4 Å². The van der Waals surface area contributed by atoms with Crippen molar-refractivity contribution in [2.45, 2.75) is 26.7 Å². The summed E-state index contributed by atoms with van der Waals surface area (Å²) in [6.07, 6.45) is 2.11. The van der Waals surface area contributed by atoms with Crippen LogP contribution in [-0.2, 0) is 9.59 Å². The number of aryl methyl sites for hydroxylation is 2. The molecule has 0 bridgehead atoms. The second kappa shape index (κ2) is 9.41. The second-order valence-corrected chi connectivity index (χ2v) is 5.93. The van der Waals surface area contributed by atoms with Gasteiger partial charge in [-0.1, -0.05) is 18.2 Å². The van der Waals surface area contributed by atoms with Crippen LogP contribution < -0.4 is 16.0 Å². The first-order chi connectivity index (χ1) is 12.5. The Bertz CT molecular complexity index is 749. The first kappa shape index (κ1) is 19.2. The average Bonchev–Trinajstić information content (AvgIpc) is 3.15. The zero-order valence-electron chi connectivity index (χ0n) is 14.9. The van der Waals surface area contributed by atoms with Crippen molar-refractivity contribution in [1.82, 2.24) is 10.6 Å². The Kier molecular flexibility index (Phi) is 6.96. The van der Waals surface area contributed by atoms with Gasteiger partial charge < -0.3 is 20.4 Å². The van der Waals surface area contributed by atoms with Gasteiger partial charge in [-0.05, 0) is 43.5 Å². The SMILES string of the molecule is Cc1cccc(C)c1NC(=O)CNC(=O)CCCNC(=O)c1ccco1. The lowest BCUT2D eigenvalue weighted by atomic mass is 10.1. The number of rotatable bonds is 8. The molecule has 0 fully saturated rings. The van der Waals surface area contributed by atoms with E-state index in [0.29, 0.717) is 13.0 Å². The van der Waals surface area contributed by atoms with E-state index in [9.17, 15) is 14.4 Å². The number of para-hydroxylation sites is 1. The largest absolute Gasteiger partial charge is 0.459 e. The van der Waals surface area contributed by atoms with Gasteiger partial charge in [-0.2, -0.15) is 0 Å². The number of hydrogen-bond acceptors (Lipinski definition) is 4. The molecule has 7 nitrogen and oxygen atoms in total. The molecule has 0 spiro atoms. The van der Waals surface area contributed by atoms with E-state index >= 15 is 0 Å². The Morgan fingerprint density at radius 3 is 2.35 bits per heavy atom. The fourth-order valence-corrected chi connectivity index (χ4v) is 2.41. The Morgan fingerprint density at radius 1 is 0.962 bits per heavy atom. The van der Waals surface area contributed by atoms with Crippen LogP contribution in [0.1, 0.15) is 34.5 Å². The van der Waals surface area contributed by atoms with Crippen molar-refractivity contribution in [3.63, 3.8) is 0 Å². The van der Waals surface area contributed by atoms with E-state index in [2.05, 4.69) is 16.0 Å².